The third kappa shape index (κ3) is 3.94. The maximum atomic E-state index is 14.3. The normalized spacial score (nSPS) is 14.1. The number of fused-ring (bicyclic) bond motifs is 3. The number of amides is 1. The summed E-state index contributed by atoms with van der Waals surface area (Å²) < 4.78 is 34.0. The van der Waals surface area contributed by atoms with Gasteiger partial charge in [-0.05, 0) is 62.7 Å². The second-order valence-electron chi connectivity index (χ2n) is 8.89. The summed E-state index contributed by atoms with van der Waals surface area (Å²) >= 11 is 6.13. The number of halogens is 3. The van der Waals surface area contributed by atoms with Crippen molar-refractivity contribution in [2.45, 2.75) is 32.8 Å². The minimum atomic E-state index is -0.542. The number of ether oxygens (including phenoxy) is 1. The van der Waals surface area contributed by atoms with E-state index < -0.39 is 17.3 Å². The standard InChI is InChI=1S/C25H21ClF2N4O2/c1-12-9-13(7-8-17(12)27)29-23(33)14-10-19-20(15-11-25(2,3)34-22(14)15)31-24(30-19)32-21-16(26)5-4-6-18(21)28/h4-10H,11H2,1-3H3,(H,29,33)(H2,30,31,32). The Kier molecular flexibility index (Phi) is 5.20. The second-order valence-corrected chi connectivity index (χ2v) is 9.30. The van der Waals surface area contributed by atoms with Gasteiger partial charge in [-0.15, -0.1) is 0 Å². The first-order valence-electron chi connectivity index (χ1n) is 10.6. The van der Waals surface area contributed by atoms with Gasteiger partial charge in [-0.25, -0.2) is 13.8 Å². The van der Waals surface area contributed by atoms with E-state index in [1.54, 1.807) is 25.1 Å². The molecule has 0 fully saturated rings. The Morgan fingerprint density at radius 2 is 1.97 bits per heavy atom. The van der Waals surface area contributed by atoms with E-state index in [0.29, 0.717) is 40.0 Å². The van der Waals surface area contributed by atoms with Gasteiger partial charge in [0.25, 0.3) is 5.91 Å². The van der Waals surface area contributed by atoms with Gasteiger partial charge >= 0.3 is 0 Å². The zero-order valence-electron chi connectivity index (χ0n) is 18.6. The van der Waals surface area contributed by atoms with Gasteiger partial charge in [-0.1, -0.05) is 17.7 Å². The van der Waals surface area contributed by atoms with Crippen LogP contribution in [-0.2, 0) is 6.42 Å². The van der Waals surface area contributed by atoms with Crippen LogP contribution in [0.1, 0.15) is 35.3 Å². The van der Waals surface area contributed by atoms with Crippen LogP contribution in [0.15, 0.2) is 42.5 Å². The van der Waals surface area contributed by atoms with Crippen LogP contribution in [0.4, 0.5) is 26.1 Å². The van der Waals surface area contributed by atoms with E-state index in [1.165, 1.54) is 24.3 Å². The Morgan fingerprint density at radius 3 is 2.71 bits per heavy atom. The number of carbonyl (C=O) groups is 1. The largest absolute Gasteiger partial charge is 0.486 e. The molecule has 3 aromatic carbocycles. The van der Waals surface area contributed by atoms with Gasteiger partial charge in [-0.3, -0.25) is 4.79 Å². The van der Waals surface area contributed by atoms with Crippen LogP contribution in [-0.4, -0.2) is 21.5 Å². The molecule has 0 atom stereocenters. The van der Waals surface area contributed by atoms with Crippen LogP contribution in [0.25, 0.3) is 11.0 Å². The number of H-pyrrole nitrogens is 1. The molecular weight excluding hydrogens is 462 g/mol. The maximum absolute atomic E-state index is 14.3. The van der Waals surface area contributed by atoms with Crippen molar-refractivity contribution in [3.63, 3.8) is 0 Å². The zero-order chi connectivity index (χ0) is 24.2. The molecule has 0 bridgehead atoms. The van der Waals surface area contributed by atoms with Crippen molar-refractivity contribution < 1.29 is 18.3 Å². The first kappa shape index (κ1) is 22.2. The number of para-hydroxylation sites is 1. The molecule has 174 valence electrons. The number of benzene rings is 3. The highest BCUT2D eigenvalue weighted by Crippen LogP contribution is 2.42. The third-order valence-corrected chi connectivity index (χ3v) is 5.99. The minimum absolute atomic E-state index is 0.0982. The van der Waals surface area contributed by atoms with E-state index in [4.69, 9.17) is 16.3 Å². The Labute approximate surface area is 199 Å². The summed E-state index contributed by atoms with van der Waals surface area (Å²) in [4.78, 5) is 20.9. The number of imidazole rings is 1. The lowest BCUT2D eigenvalue weighted by Gasteiger charge is -2.18. The number of rotatable bonds is 4. The molecule has 5 rings (SSSR count). The van der Waals surface area contributed by atoms with E-state index in [1.807, 2.05) is 13.8 Å². The summed E-state index contributed by atoms with van der Waals surface area (Å²) in [5, 5.41) is 5.91. The van der Waals surface area contributed by atoms with Gasteiger partial charge in [-0.2, -0.15) is 0 Å². The van der Waals surface area contributed by atoms with Crippen LogP contribution in [0.3, 0.4) is 0 Å². The van der Waals surface area contributed by atoms with Crippen molar-refractivity contribution >= 4 is 45.9 Å². The van der Waals surface area contributed by atoms with Crippen molar-refractivity contribution in [1.29, 1.82) is 0 Å². The maximum Gasteiger partial charge on any atom is 0.259 e. The molecule has 2 heterocycles. The minimum Gasteiger partial charge on any atom is -0.486 e. The first-order chi connectivity index (χ1) is 16.1. The summed E-state index contributed by atoms with van der Waals surface area (Å²) in [7, 11) is 0. The van der Waals surface area contributed by atoms with Crippen LogP contribution in [0.5, 0.6) is 5.75 Å². The van der Waals surface area contributed by atoms with Crippen LogP contribution in [0.2, 0.25) is 5.02 Å². The summed E-state index contributed by atoms with van der Waals surface area (Å²) in [5.41, 5.74) is 2.73. The van der Waals surface area contributed by atoms with Crippen LogP contribution >= 0.6 is 11.6 Å². The average Bonchev–Trinajstić information content (AvgIpc) is 3.32. The van der Waals surface area contributed by atoms with Crippen LogP contribution in [0, 0.1) is 18.6 Å². The molecular formula is C25H21ClF2N4O2. The molecule has 1 aromatic heterocycles. The number of carbonyl (C=O) groups excluding carboxylic acids is 1. The molecule has 0 spiro atoms. The highest BCUT2D eigenvalue weighted by atomic mass is 35.5. The highest BCUT2D eigenvalue weighted by molar-refractivity contribution is 6.33. The van der Waals surface area contributed by atoms with Gasteiger partial charge in [0.2, 0.25) is 5.95 Å². The number of aromatic amines is 1. The van der Waals surface area contributed by atoms with Gasteiger partial charge in [0.05, 0.1) is 27.3 Å². The van der Waals surface area contributed by atoms with E-state index >= 15 is 0 Å². The fourth-order valence-electron chi connectivity index (χ4n) is 4.10. The predicted molar refractivity (Wildman–Crippen MR) is 128 cm³/mol. The van der Waals surface area contributed by atoms with E-state index in [0.717, 1.165) is 5.56 Å². The summed E-state index contributed by atoms with van der Waals surface area (Å²) in [6.07, 6.45) is 0.528. The number of hydrogen-bond acceptors (Lipinski definition) is 4. The lowest BCUT2D eigenvalue weighted by atomic mass is 9.98. The van der Waals surface area contributed by atoms with E-state index in [9.17, 15) is 13.6 Å². The number of aromatic nitrogens is 2. The molecule has 6 nitrogen and oxygen atoms in total. The molecule has 1 aliphatic heterocycles. The lowest BCUT2D eigenvalue weighted by molar-refractivity contribution is 0.101. The molecule has 0 saturated carbocycles. The molecule has 0 saturated heterocycles. The summed E-state index contributed by atoms with van der Waals surface area (Å²) in [6, 6.07) is 10.4. The first-order valence-corrected chi connectivity index (χ1v) is 11.0. The molecule has 4 aromatic rings. The topological polar surface area (TPSA) is 79.0 Å². The van der Waals surface area contributed by atoms with Gasteiger partial charge in [0.15, 0.2) is 0 Å². The second kappa shape index (κ2) is 7.99. The van der Waals surface area contributed by atoms with E-state index in [2.05, 4.69) is 20.6 Å². The van der Waals surface area contributed by atoms with Crippen molar-refractivity contribution in [3.05, 3.63) is 75.8 Å². The van der Waals surface area contributed by atoms with Crippen molar-refractivity contribution in [2.75, 3.05) is 10.6 Å². The summed E-state index contributed by atoms with van der Waals surface area (Å²) in [5.74, 6) is -0.547. The zero-order valence-corrected chi connectivity index (χ0v) is 19.4. The number of aryl methyl sites for hydroxylation is 1. The molecule has 0 radical (unpaired) electrons. The van der Waals surface area contributed by atoms with Gasteiger partial charge in [0, 0.05) is 17.7 Å². The number of nitrogens with one attached hydrogen (secondary N) is 3. The average molecular weight is 483 g/mol. The number of hydrogen-bond donors (Lipinski definition) is 3. The van der Waals surface area contributed by atoms with Gasteiger partial charge in [0.1, 0.15) is 23.0 Å². The molecule has 1 amide bonds. The number of anilines is 3. The monoisotopic (exact) mass is 482 g/mol. The van der Waals surface area contributed by atoms with E-state index in [-0.39, 0.29) is 22.5 Å². The quantitative estimate of drug-likeness (QED) is 0.309. The fraction of sp³-hybridized carbons (Fsp3) is 0.200. The highest BCUT2D eigenvalue weighted by Gasteiger charge is 2.36. The molecule has 0 aliphatic carbocycles. The molecule has 1 aliphatic rings. The van der Waals surface area contributed by atoms with Crippen molar-refractivity contribution in [2.24, 2.45) is 0 Å². The smallest absolute Gasteiger partial charge is 0.259 e. The van der Waals surface area contributed by atoms with Gasteiger partial charge < -0.3 is 20.4 Å². The van der Waals surface area contributed by atoms with Crippen LogP contribution < -0.4 is 15.4 Å². The SMILES string of the molecule is Cc1cc(NC(=O)c2cc3[nH]c(Nc4c(F)cccc4Cl)nc3c3c2OC(C)(C)C3)ccc1F. The molecule has 34 heavy (non-hydrogen) atoms. The van der Waals surface area contributed by atoms with Crippen molar-refractivity contribution in [3.8, 4) is 5.75 Å². The Bertz CT molecular complexity index is 1450. The van der Waals surface area contributed by atoms with Crippen molar-refractivity contribution in [1.82, 2.24) is 9.97 Å². The fourth-order valence-corrected chi connectivity index (χ4v) is 4.31. The molecule has 3 N–H and O–H groups in total. The Balaban J connectivity index is 1.56. The molecule has 9 heteroatoms. The Hall–Kier alpha value is -3.65. The molecule has 0 unspecified atom stereocenters. The number of nitrogens with zero attached hydrogens (tertiary/aromatic N) is 1. The summed E-state index contributed by atoms with van der Waals surface area (Å²) in [6.45, 7) is 5.48. The Morgan fingerprint density at radius 1 is 1.18 bits per heavy atom. The third-order valence-electron chi connectivity index (χ3n) is 5.67. The lowest BCUT2D eigenvalue weighted by Crippen LogP contribution is -2.25. The predicted octanol–water partition coefficient (Wildman–Crippen LogP) is 6.51.